The molecule has 1 aromatic rings. The number of hydrogen-bond donors (Lipinski definition) is 2. The van der Waals surface area contributed by atoms with Gasteiger partial charge in [0.1, 0.15) is 0 Å². The summed E-state index contributed by atoms with van der Waals surface area (Å²) in [6.45, 7) is 6.95. The van der Waals surface area contributed by atoms with Gasteiger partial charge in [-0.3, -0.25) is 0 Å². The van der Waals surface area contributed by atoms with E-state index < -0.39 is 11.8 Å². The first-order valence-electron chi connectivity index (χ1n) is 14.4. The molecule has 0 heterocycles. The van der Waals surface area contributed by atoms with Gasteiger partial charge in [-0.05, 0) is 123 Å². The van der Waals surface area contributed by atoms with Crippen LogP contribution in [-0.2, 0) is 6.42 Å². The van der Waals surface area contributed by atoms with Gasteiger partial charge in [-0.1, -0.05) is 51.1 Å². The summed E-state index contributed by atoms with van der Waals surface area (Å²) in [5.41, 5.74) is -1.12. The highest BCUT2D eigenvalue weighted by atomic mass is 19.4. The summed E-state index contributed by atoms with van der Waals surface area (Å²) >= 11 is 0. The van der Waals surface area contributed by atoms with Crippen LogP contribution >= 0.6 is 0 Å². The summed E-state index contributed by atoms with van der Waals surface area (Å²) < 4.78 is 40.9. The van der Waals surface area contributed by atoms with Crippen molar-refractivity contribution in [1.82, 2.24) is 0 Å². The fraction of sp³-hybridized carbons (Fsp3) is 0.806. The SMILES string of the molecule is C[C@@H]([C@H]1CC[C@H]2[C@@H]3CC[C@H]4C[C@](O)(C(F)(F)F)CC[C@]4(C)[C@H]3CC[C@]12C)[C@@H](O)CCc1ccccc1. The van der Waals surface area contributed by atoms with Crippen molar-refractivity contribution in [3.05, 3.63) is 35.9 Å². The molecule has 0 aliphatic heterocycles. The van der Waals surface area contributed by atoms with Crippen molar-refractivity contribution < 1.29 is 23.4 Å². The predicted octanol–water partition coefficient (Wildman–Crippen LogP) is 7.57. The topological polar surface area (TPSA) is 40.5 Å². The lowest BCUT2D eigenvalue weighted by atomic mass is 9.43. The predicted molar refractivity (Wildman–Crippen MR) is 136 cm³/mol. The van der Waals surface area contributed by atoms with Crippen molar-refractivity contribution in [2.45, 2.75) is 109 Å². The number of hydrogen-bond acceptors (Lipinski definition) is 2. The van der Waals surface area contributed by atoms with Crippen molar-refractivity contribution in [2.24, 2.45) is 46.3 Å². The summed E-state index contributed by atoms with van der Waals surface area (Å²) in [5, 5.41) is 21.6. The van der Waals surface area contributed by atoms with Gasteiger partial charge in [0.25, 0.3) is 0 Å². The van der Waals surface area contributed by atoms with Gasteiger partial charge in [0, 0.05) is 0 Å². The van der Waals surface area contributed by atoms with Crippen LogP contribution < -0.4 is 0 Å². The molecule has 0 saturated heterocycles. The summed E-state index contributed by atoms with van der Waals surface area (Å²) in [5.74, 6) is 2.35. The molecule has 0 bridgehead atoms. The molecule has 4 aliphatic carbocycles. The first kappa shape index (κ1) is 26.5. The van der Waals surface area contributed by atoms with E-state index in [2.05, 4.69) is 45.0 Å². The number of aryl methyl sites for hydroxylation is 1. The van der Waals surface area contributed by atoms with Crippen LogP contribution in [0.3, 0.4) is 0 Å². The Kier molecular flexibility index (Phi) is 6.85. The fourth-order valence-electron chi connectivity index (χ4n) is 9.90. The number of aliphatic hydroxyl groups is 2. The van der Waals surface area contributed by atoms with E-state index in [1.165, 1.54) is 12.0 Å². The van der Waals surface area contributed by atoms with Crippen LogP contribution in [0.25, 0.3) is 0 Å². The van der Waals surface area contributed by atoms with E-state index in [-0.39, 0.29) is 41.6 Å². The van der Waals surface area contributed by atoms with Gasteiger partial charge in [-0.2, -0.15) is 13.2 Å². The third kappa shape index (κ3) is 4.25. The normalized spacial score (nSPS) is 44.3. The number of halogens is 3. The van der Waals surface area contributed by atoms with E-state index in [1.807, 2.05) is 6.07 Å². The van der Waals surface area contributed by atoms with Crippen LogP contribution in [0, 0.1) is 46.3 Å². The Morgan fingerprint density at radius 2 is 1.61 bits per heavy atom. The molecule has 0 amide bonds. The molecular weight excluding hydrogens is 461 g/mol. The van der Waals surface area contributed by atoms with Crippen LogP contribution in [-0.4, -0.2) is 28.1 Å². The van der Waals surface area contributed by atoms with E-state index in [0.717, 1.165) is 44.9 Å². The Labute approximate surface area is 215 Å². The van der Waals surface area contributed by atoms with Crippen molar-refractivity contribution in [3.8, 4) is 0 Å². The maximum Gasteiger partial charge on any atom is 0.417 e. The summed E-state index contributed by atoms with van der Waals surface area (Å²) in [6, 6.07) is 10.4. The van der Waals surface area contributed by atoms with Gasteiger partial charge in [0.2, 0.25) is 0 Å². The second-order valence-electron chi connectivity index (χ2n) is 13.6. The van der Waals surface area contributed by atoms with Gasteiger partial charge >= 0.3 is 6.18 Å². The second-order valence-corrected chi connectivity index (χ2v) is 13.6. The molecule has 2 nitrogen and oxygen atoms in total. The molecule has 5 heteroatoms. The molecule has 0 aromatic heterocycles. The molecule has 10 atom stereocenters. The Balaban J connectivity index is 1.27. The fourth-order valence-corrected chi connectivity index (χ4v) is 9.90. The molecule has 5 rings (SSSR count). The largest absolute Gasteiger partial charge is 0.417 e. The average molecular weight is 507 g/mol. The average Bonchev–Trinajstić information content (AvgIpc) is 3.19. The number of aliphatic hydroxyl groups excluding tert-OH is 1. The number of fused-ring (bicyclic) bond motifs is 5. The molecule has 0 radical (unpaired) electrons. The smallest absolute Gasteiger partial charge is 0.393 e. The molecular formula is C31H45F3O2. The van der Waals surface area contributed by atoms with Gasteiger partial charge in [-0.15, -0.1) is 0 Å². The van der Waals surface area contributed by atoms with Crippen molar-refractivity contribution in [1.29, 1.82) is 0 Å². The first-order valence-corrected chi connectivity index (χ1v) is 14.4. The van der Waals surface area contributed by atoms with Crippen LogP contribution in [0.1, 0.15) is 90.5 Å². The Bertz CT molecular complexity index is 918. The van der Waals surface area contributed by atoms with Gasteiger partial charge in [0.05, 0.1) is 6.10 Å². The van der Waals surface area contributed by atoms with Crippen LogP contribution in [0.4, 0.5) is 13.2 Å². The highest BCUT2D eigenvalue weighted by Crippen LogP contribution is 2.69. The van der Waals surface area contributed by atoms with Gasteiger partial charge < -0.3 is 10.2 Å². The minimum Gasteiger partial charge on any atom is -0.393 e. The van der Waals surface area contributed by atoms with E-state index in [4.69, 9.17) is 0 Å². The molecule has 1 aromatic carbocycles. The van der Waals surface area contributed by atoms with E-state index in [0.29, 0.717) is 30.1 Å². The highest BCUT2D eigenvalue weighted by Gasteiger charge is 2.65. The lowest BCUT2D eigenvalue weighted by molar-refractivity contribution is -0.290. The number of rotatable bonds is 5. The van der Waals surface area contributed by atoms with Gasteiger partial charge in [0.15, 0.2) is 5.60 Å². The third-order valence-electron chi connectivity index (χ3n) is 12.1. The molecule has 0 spiro atoms. The zero-order valence-corrected chi connectivity index (χ0v) is 22.2. The van der Waals surface area contributed by atoms with Gasteiger partial charge in [-0.25, -0.2) is 0 Å². The summed E-state index contributed by atoms with van der Waals surface area (Å²) in [4.78, 5) is 0. The molecule has 0 unspecified atom stereocenters. The number of alkyl halides is 3. The minimum atomic E-state index is -4.54. The molecule has 36 heavy (non-hydrogen) atoms. The van der Waals surface area contributed by atoms with Crippen LogP contribution in [0.15, 0.2) is 30.3 Å². The Hall–Kier alpha value is -1.07. The minimum absolute atomic E-state index is 0.0422. The lowest BCUT2D eigenvalue weighted by Gasteiger charge is -2.62. The van der Waals surface area contributed by atoms with Crippen LogP contribution in [0.5, 0.6) is 0 Å². The monoisotopic (exact) mass is 506 g/mol. The Morgan fingerprint density at radius 3 is 2.31 bits per heavy atom. The molecule has 2 N–H and O–H groups in total. The molecule has 4 fully saturated rings. The third-order valence-corrected chi connectivity index (χ3v) is 12.1. The summed E-state index contributed by atoms with van der Waals surface area (Å²) in [6.07, 6.45) is 3.39. The van der Waals surface area contributed by atoms with E-state index in [1.54, 1.807) is 0 Å². The standard InChI is InChI=1S/C31H45F3O2/c1-20(27(35)14-9-21-7-5-4-6-8-21)24-12-13-25-23-11-10-22-19-30(36,31(32,33)34)18-17-28(22,2)26(23)15-16-29(24,25)3/h4-8,20,22-27,35-36H,9-19H2,1-3H3/t20-,22-,23-,24+,25-,26-,27-,28-,29+,30-/m0/s1. The van der Waals surface area contributed by atoms with Crippen LogP contribution in [0.2, 0.25) is 0 Å². The first-order chi connectivity index (χ1) is 16.9. The molecule has 4 aliphatic rings. The zero-order chi connectivity index (χ0) is 25.9. The van der Waals surface area contributed by atoms with Crippen molar-refractivity contribution in [3.63, 3.8) is 0 Å². The maximum absolute atomic E-state index is 13.6. The maximum atomic E-state index is 13.6. The quantitative estimate of drug-likeness (QED) is 0.432. The summed E-state index contributed by atoms with van der Waals surface area (Å²) in [7, 11) is 0. The molecule has 4 saturated carbocycles. The van der Waals surface area contributed by atoms with Crippen molar-refractivity contribution >= 4 is 0 Å². The van der Waals surface area contributed by atoms with Crippen molar-refractivity contribution in [2.75, 3.05) is 0 Å². The Morgan fingerprint density at radius 1 is 0.917 bits per heavy atom. The lowest BCUT2D eigenvalue weighted by Crippen LogP contribution is -2.59. The zero-order valence-electron chi connectivity index (χ0n) is 22.2. The number of benzene rings is 1. The second kappa shape index (κ2) is 9.29. The van der Waals surface area contributed by atoms with E-state index in [9.17, 15) is 23.4 Å². The van der Waals surface area contributed by atoms with E-state index >= 15 is 0 Å². The highest BCUT2D eigenvalue weighted by molar-refractivity contribution is 5.15. The molecule has 202 valence electrons.